The maximum atomic E-state index is 12.4. The van der Waals surface area contributed by atoms with Gasteiger partial charge in [0.2, 0.25) is 6.79 Å². The van der Waals surface area contributed by atoms with Gasteiger partial charge in [0.1, 0.15) is 17.3 Å². The molecular weight excluding hydrogens is 360 g/mol. The fraction of sp³-hybridized carbons (Fsp3) is 0.150. The zero-order valence-corrected chi connectivity index (χ0v) is 15.1. The van der Waals surface area contributed by atoms with Crippen LogP contribution < -0.4 is 24.8 Å². The number of carbonyl (C=O) groups is 1. The van der Waals surface area contributed by atoms with Gasteiger partial charge in [-0.2, -0.15) is 0 Å². The number of rotatable bonds is 6. The summed E-state index contributed by atoms with van der Waals surface area (Å²) in [6.45, 7) is 0.711. The number of carbonyl (C=O) groups excluding carboxylic acids is 1. The number of nitrogens with zero attached hydrogens (tertiary/aromatic N) is 2. The first-order chi connectivity index (χ1) is 13.7. The number of nitrogens with one attached hydrogen (secondary N) is 2. The summed E-state index contributed by atoms with van der Waals surface area (Å²) in [6.07, 6.45) is 2.94. The van der Waals surface area contributed by atoms with Crippen LogP contribution in [0.1, 0.15) is 16.1 Å². The molecule has 2 N–H and O–H groups in total. The van der Waals surface area contributed by atoms with Crippen molar-refractivity contribution >= 4 is 17.4 Å². The van der Waals surface area contributed by atoms with Gasteiger partial charge in [-0.25, -0.2) is 9.97 Å². The molecule has 0 atom stereocenters. The van der Waals surface area contributed by atoms with Crippen molar-refractivity contribution in [1.29, 1.82) is 0 Å². The third kappa shape index (κ3) is 3.80. The quantitative estimate of drug-likeness (QED) is 0.681. The Balaban J connectivity index is 1.38. The van der Waals surface area contributed by atoms with Crippen molar-refractivity contribution in [2.75, 3.05) is 24.5 Å². The van der Waals surface area contributed by atoms with E-state index in [2.05, 4.69) is 20.6 Å². The average molecular weight is 378 g/mol. The lowest BCUT2D eigenvalue weighted by Gasteiger charge is -2.10. The van der Waals surface area contributed by atoms with E-state index >= 15 is 0 Å². The normalized spacial score (nSPS) is 11.8. The molecule has 1 amide bonds. The van der Waals surface area contributed by atoms with Crippen molar-refractivity contribution < 1.29 is 19.0 Å². The van der Waals surface area contributed by atoms with E-state index in [9.17, 15) is 4.79 Å². The molecule has 0 aliphatic carbocycles. The molecule has 3 aromatic rings. The zero-order chi connectivity index (χ0) is 19.3. The van der Waals surface area contributed by atoms with Crippen LogP contribution in [0.2, 0.25) is 0 Å². The van der Waals surface area contributed by atoms with Gasteiger partial charge >= 0.3 is 0 Å². The number of hydrogen-bond acceptors (Lipinski definition) is 7. The highest BCUT2D eigenvalue weighted by Crippen LogP contribution is 2.34. The van der Waals surface area contributed by atoms with Gasteiger partial charge in [0.05, 0.1) is 19.5 Å². The van der Waals surface area contributed by atoms with Crippen LogP contribution in [0.25, 0.3) is 0 Å². The molecule has 1 aliphatic rings. The molecule has 0 bridgehead atoms. The van der Waals surface area contributed by atoms with Crippen LogP contribution >= 0.6 is 0 Å². The third-order valence-electron chi connectivity index (χ3n) is 4.17. The van der Waals surface area contributed by atoms with E-state index < -0.39 is 0 Å². The maximum absolute atomic E-state index is 12.4. The smallest absolute Gasteiger partial charge is 0.275 e. The Morgan fingerprint density at radius 3 is 2.79 bits per heavy atom. The molecular formula is C20H18N4O4. The van der Waals surface area contributed by atoms with Crippen LogP contribution in [0, 0.1) is 0 Å². The highest BCUT2D eigenvalue weighted by molar-refractivity contribution is 6.02. The first-order valence-corrected chi connectivity index (χ1v) is 8.62. The Morgan fingerprint density at radius 1 is 1.11 bits per heavy atom. The molecule has 28 heavy (non-hydrogen) atoms. The molecule has 0 radical (unpaired) electrons. The van der Waals surface area contributed by atoms with Gasteiger partial charge < -0.3 is 24.8 Å². The van der Waals surface area contributed by atoms with Crippen molar-refractivity contribution in [3.63, 3.8) is 0 Å². The number of ether oxygens (including phenoxy) is 3. The van der Waals surface area contributed by atoms with E-state index in [1.54, 1.807) is 25.3 Å². The van der Waals surface area contributed by atoms with Crippen LogP contribution in [-0.4, -0.2) is 29.8 Å². The van der Waals surface area contributed by atoms with E-state index in [-0.39, 0.29) is 18.4 Å². The molecule has 1 aliphatic heterocycles. The summed E-state index contributed by atoms with van der Waals surface area (Å²) in [5.74, 6) is 2.25. The molecule has 0 unspecified atom stereocenters. The second-order valence-electron chi connectivity index (χ2n) is 5.97. The Bertz CT molecular complexity index is 992. The summed E-state index contributed by atoms with van der Waals surface area (Å²) >= 11 is 0. The predicted molar refractivity (Wildman–Crippen MR) is 103 cm³/mol. The minimum atomic E-state index is -0.359. The number of para-hydroxylation sites is 1. The topological polar surface area (TPSA) is 94.6 Å². The van der Waals surface area contributed by atoms with Gasteiger partial charge in [-0.15, -0.1) is 0 Å². The number of benzene rings is 2. The largest absolute Gasteiger partial charge is 0.496 e. The second-order valence-corrected chi connectivity index (χ2v) is 5.97. The van der Waals surface area contributed by atoms with Gasteiger partial charge in [0, 0.05) is 23.9 Å². The number of aromatic nitrogens is 2. The summed E-state index contributed by atoms with van der Waals surface area (Å²) in [7, 11) is 1.63. The summed E-state index contributed by atoms with van der Waals surface area (Å²) in [4.78, 5) is 20.8. The average Bonchev–Trinajstić information content (AvgIpc) is 3.20. The first kappa shape index (κ1) is 17.6. The number of amides is 1. The van der Waals surface area contributed by atoms with Crippen molar-refractivity contribution in [3.05, 3.63) is 66.1 Å². The lowest BCUT2D eigenvalue weighted by molar-refractivity contribution is 0.102. The molecule has 2 aromatic carbocycles. The minimum Gasteiger partial charge on any atom is -0.496 e. The lowest BCUT2D eigenvalue weighted by Crippen LogP contribution is -2.14. The van der Waals surface area contributed by atoms with Crippen LogP contribution in [0.4, 0.5) is 11.5 Å². The van der Waals surface area contributed by atoms with Crippen molar-refractivity contribution in [2.45, 2.75) is 6.54 Å². The third-order valence-corrected chi connectivity index (χ3v) is 4.17. The Labute approximate surface area is 161 Å². The Hall–Kier alpha value is -3.81. The molecule has 8 heteroatoms. The van der Waals surface area contributed by atoms with Crippen LogP contribution in [0.15, 0.2) is 54.9 Å². The molecule has 1 aromatic heterocycles. The van der Waals surface area contributed by atoms with Crippen molar-refractivity contribution in [3.8, 4) is 17.2 Å². The first-order valence-electron chi connectivity index (χ1n) is 8.62. The molecule has 0 saturated heterocycles. The highest BCUT2D eigenvalue weighted by Gasteiger charge is 2.15. The number of methoxy groups -OCH3 is 1. The van der Waals surface area contributed by atoms with E-state index in [0.717, 1.165) is 11.3 Å². The summed E-state index contributed by atoms with van der Waals surface area (Å²) in [6, 6.07) is 12.9. The fourth-order valence-corrected chi connectivity index (χ4v) is 2.74. The number of anilines is 2. The number of fused-ring (bicyclic) bond motifs is 1. The molecule has 142 valence electrons. The van der Waals surface area contributed by atoms with E-state index in [4.69, 9.17) is 14.2 Å². The van der Waals surface area contributed by atoms with Crippen LogP contribution in [0.5, 0.6) is 17.2 Å². The fourth-order valence-electron chi connectivity index (χ4n) is 2.74. The standard InChI is InChI=1S/C20H18N4O4/c1-26-16-5-3-2-4-13(16)9-22-19-11-21-15(10-23-19)20(25)24-14-6-7-17-18(8-14)28-12-27-17/h2-8,10-11H,9,12H2,1H3,(H,22,23)(H,24,25). The van der Waals surface area contributed by atoms with Gasteiger partial charge in [0.25, 0.3) is 5.91 Å². The Kier molecular flexibility index (Phi) is 4.92. The summed E-state index contributed by atoms with van der Waals surface area (Å²) in [5, 5.41) is 5.93. The molecule has 0 spiro atoms. The molecule has 8 nitrogen and oxygen atoms in total. The van der Waals surface area contributed by atoms with E-state index in [0.29, 0.717) is 29.5 Å². The van der Waals surface area contributed by atoms with E-state index in [1.165, 1.54) is 12.4 Å². The van der Waals surface area contributed by atoms with Gasteiger partial charge in [-0.3, -0.25) is 4.79 Å². The number of hydrogen-bond donors (Lipinski definition) is 2. The summed E-state index contributed by atoms with van der Waals surface area (Å²) < 4.78 is 15.9. The van der Waals surface area contributed by atoms with E-state index in [1.807, 2.05) is 24.3 Å². The molecule has 0 fully saturated rings. The predicted octanol–water partition coefficient (Wildman–Crippen LogP) is 3.08. The maximum Gasteiger partial charge on any atom is 0.275 e. The van der Waals surface area contributed by atoms with Crippen LogP contribution in [-0.2, 0) is 6.54 Å². The Morgan fingerprint density at radius 2 is 1.96 bits per heavy atom. The van der Waals surface area contributed by atoms with Gasteiger partial charge in [-0.1, -0.05) is 18.2 Å². The summed E-state index contributed by atoms with van der Waals surface area (Å²) in [5.41, 5.74) is 1.80. The van der Waals surface area contributed by atoms with Gasteiger partial charge in [-0.05, 0) is 18.2 Å². The second kappa shape index (κ2) is 7.83. The SMILES string of the molecule is COc1ccccc1CNc1cnc(C(=O)Nc2ccc3c(c2)OCO3)cn1. The minimum absolute atomic E-state index is 0.182. The van der Waals surface area contributed by atoms with Gasteiger partial charge in [0.15, 0.2) is 11.5 Å². The molecule has 2 heterocycles. The zero-order valence-electron chi connectivity index (χ0n) is 15.1. The highest BCUT2D eigenvalue weighted by atomic mass is 16.7. The molecule has 4 rings (SSSR count). The monoisotopic (exact) mass is 378 g/mol. The molecule has 0 saturated carbocycles. The van der Waals surface area contributed by atoms with Crippen molar-refractivity contribution in [1.82, 2.24) is 9.97 Å². The van der Waals surface area contributed by atoms with Crippen LogP contribution in [0.3, 0.4) is 0 Å². The van der Waals surface area contributed by atoms with Crippen molar-refractivity contribution in [2.24, 2.45) is 0 Å². The lowest BCUT2D eigenvalue weighted by atomic mass is 10.2.